The zero-order valence-corrected chi connectivity index (χ0v) is 17.8. The zero-order chi connectivity index (χ0) is 21.9. The van der Waals surface area contributed by atoms with Gasteiger partial charge in [0, 0.05) is 29.7 Å². The number of nitrogens with two attached hydrogens (primary N) is 1. The standard InChI is InChI=1S/C20H36N2O6/c1-13(2)22(14(3)4)17(11-16(6)19(24)25)12-28-20(26)15(5)7-8-18(21)27-10-9-23/h7,11,13-14,17-18,23H,8-10,12,21H2,1-6H3,(H,24,25). The number of aliphatic carboxylic acids is 1. The van der Waals surface area contributed by atoms with Gasteiger partial charge in [0.1, 0.15) is 12.8 Å². The van der Waals surface area contributed by atoms with Gasteiger partial charge in [0.25, 0.3) is 0 Å². The van der Waals surface area contributed by atoms with E-state index in [1.165, 1.54) is 6.92 Å². The van der Waals surface area contributed by atoms with E-state index in [4.69, 9.17) is 20.3 Å². The number of rotatable bonds is 13. The van der Waals surface area contributed by atoms with Crippen molar-refractivity contribution in [2.75, 3.05) is 19.8 Å². The highest BCUT2D eigenvalue weighted by Gasteiger charge is 2.25. The second-order valence-corrected chi connectivity index (χ2v) is 7.21. The predicted octanol–water partition coefficient (Wildman–Crippen LogP) is 1.68. The SMILES string of the molecule is CC(=CC(COC(=O)C(C)=CCC(N)OCCO)N(C(C)C)C(C)C)C(=O)O. The first-order chi connectivity index (χ1) is 13.0. The smallest absolute Gasteiger partial charge is 0.333 e. The molecule has 8 nitrogen and oxygen atoms in total. The highest BCUT2D eigenvalue weighted by Crippen LogP contribution is 2.15. The molecular weight excluding hydrogens is 364 g/mol. The molecule has 0 aliphatic heterocycles. The number of hydrogen-bond donors (Lipinski definition) is 3. The fraction of sp³-hybridized carbons (Fsp3) is 0.700. The molecule has 2 atom stereocenters. The summed E-state index contributed by atoms with van der Waals surface area (Å²) in [7, 11) is 0. The van der Waals surface area contributed by atoms with Gasteiger partial charge in [-0.15, -0.1) is 0 Å². The Kier molecular flexibility index (Phi) is 12.6. The van der Waals surface area contributed by atoms with Gasteiger partial charge < -0.3 is 25.4 Å². The third-order valence-electron chi connectivity index (χ3n) is 4.14. The quantitative estimate of drug-likeness (QED) is 0.242. The van der Waals surface area contributed by atoms with Crippen LogP contribution in [0.2, 0.25) is 0 Å². The summed E-state index contributed by atoms with van der Waals surface area (Å²) < 4.78 is 10.6. The summed E-state index contributed by atoms with van der Waals surface area (Å²) in [5.41, 5.74) is 6.31. The Morgan fingerprint density at radius 2 is 1.68 bits per heavy atom. The molecule has 8 heteroatoms. The van der Waals surface area contributed by atoms with E-state index in [1.54, 1.807) is 19.1 Å². The van der Waals surface area contributed by atoms with Crippen LogP contribution in [0.1, 0.15) is 48.0 Å². The van der Waals surface area contributed by atoms with Crippen LogP contribution in [0.4, 0.5) is 0 Å². The van der Waals surface area contributed by atoms with E-state index >= 15 is 0 Å². The second-order valence-electron chi connectivity index (χ2n) is 7.21. The largest absolute Gasteiger partial charge is 0.478 e. The molecule has 28 heavy (non-hydrogen) atoms. The van der Waals surface area contributed by atoms with Gasteiger partial charge in [-0.05, 0) is 41.5 Å². The molecule has 162 valence electrons. The first-order valence-electron chi connectivity index (χ1n) is 9.52. The minimum atomic E-state index is -1.00. The Morgan fingerprint density at radius 1 is 1.11 bits per heavy atom. The Bertz CT molecular complexity index is 549. The lowest BCUT2D eigenvalue weighted by Crippen LogP contribution is -2.47. The minimum Gasteiger partial charge on any atom is -0.478 e. The number of esters is 1. The van der Waals surface area contributed by atoms with Gasteiger partial charge >= 0.3 is 11.9 Å². The zero-order valence-electron chi connectivity index (χ0n) is 17.8. The molecule has 0 saturated carbocycles. The maximum Gasteiger partial charge on any atom is 0.333 e. The number of aliphatic hydroxyl groups is 1. The van der Waals surface area contributed by atoms with Crippen LogP contribution in [0.15, 0.2) is 23.3 Å². The van der Waals surface area contributed by atoms with E-state index < -0.39 is 18.2 Å². The van der Waals surface area contributed by atoms with Crippen LogP contribution in [0.25, 0.3) is 0 Å². The number of carbonyl (C=O) groups excluding carboxylic acids is 1. The van der Waals surface area contributed by atoms with Crippen LogP contribution in [0.3, 0.4) is 0 Å². The van der Waals surface area contributed by atoms with Crippen molar-refractivity contribution in [1.29, 1.82) is 0 Å². The molecule has 0 bridgehead atoms. The lowest BCUT2D eigenvalue weighted by atomic mass is 10.1. The lowest BCUT2D eigenvalue weighted by molar-refractivity contribution is -0.140. The van der Waals surface area contributed by atoms with E-state index in [9.17, 15) is 14.7 Å². The number of carbonyl (C=O) groups is 2. The number of carboxylic acids is 1. The highest BCUT2D eigenvalue weighted by atomic mass is 16.5. The third-order valence-corrected chi connectivity index (χ3v) is 4.14. The predicted molar refractivity (Wildman–Crippen MR) is 108 cm³/mol. The molecule has 0 aromatic carbocycles. The molecule has 0 amide bonds. The van der Waals surface area contributed by atoms with Gasteiger partial charge in [-0.3, -0.25) is 4.90 Å². The summed E-state index contributed by atoms with van der Waals surface area (Å²) in [6, 6.07) is -0.0808. The van der Waals surface area contributed by atoms with Crippen molar-refractivity contribution in [1.82, 2.24) is 4.90 Å². The molecule has 0 spiro atoms. The van der Waals surface area contributed by atoms with Crippen LogP contribution < -0.4 is 5.73 Å². The number of aliphatic hydroxyl groups excluding tert-OH is 1. The van der Waals surface area contributed by atoms with Crippen molar-refractivity contribution in [3.05, 3.63) is 23.3 Å². The van der Waals surface area contributed by atoms with Crippen LogP contribution in [0.5, 0.6) is 0 Å². The van der Waals surface area contributed by atoms with Crippen molar-refractivity contribution < 1.29 is 29.3 Å². The van der Waals surface area contributed by atoms with Gasteiger partial charge in [-0.1, -0.05) is 12.2 Å². The van der Waals surface area contributed by atoms with Crippen molar-refractivity contribution >= 4 is 11.9 Å². The van der Waals surface area contributed by atoms with Crippen LogP contribution in [-0.2, 0) is 19.1 Å². The first kappa shape index (κ1) is 26.3. The Hall–Kier alpha value is -1.74. The van der Waals surface area contributed by atoms with Gasteiger partial charge in [0.05, 0.1) is 19.3 Å². The van der Waals surface area contributed by atoms with E-state index in [0.29, 0.717) is 12.0 Å². The second kappa shape index (κ2) is 13.4. The lowest BCUT2D eigenvalue weighted by Gasteiger charge is -2.36. The maximum atomic E-state index is 12.3. The molecule has 0 aromatic rings. The molecule has 4 N–H and O–H groups in total. The van der Waals surface area contributed by atoms with Gasteiger partial charge in [0.15, 0.2) is 0 Å². The normalized spacial score (nSPS) is 15.2. The Balaban J connectivity index is 5.12. The summed E-state index contributed by atoms with van der Waals surface area (Å²) in [6.07, 6.45) is 2.95. The number of nitrogens with zero attached hydrogens (tertiary/aromatic N) is 1. The maximum absolute atomic E-state index is 12.3. The van der Waals surface area contributed by atoms with E-state index in [-0.39, 0.29) is 43.5 Å². The molecular formula is C20H36N2O6. The van der Waals surface area contributed by atoms with Crippen molar-refractivity contribution in [3.8, 4) is 0 Å². The van der Waals surface area contributed by atoms with Crippen molar-refractivity contribution in [2.45, 2.75) is 72.3 Å². The molecule has 0 aliphatic rings. The monoisotopic (exact) mass is 400 g/mol. The van der Waals surface area contributed by atoms with Crippen LogP contribution in [0, 0.1) is 0 Å². The van der Waals surface area contributed by atoms with Gasteiger partial charge in [0.2, 0.25) is 0 Å². The summed E-state index contributed by atoms with van der Waals surface area (Å²) in [5.74, 6) is -1.50. The van der Waals surface area contributed by atoms with E-state index in [0.717, 1.165) is 0 Å². The molecule has 0 rings (SSSR count). The summed E-state index contributed by atoms with van der Waals surface area (Å²) in [5, 5.41) is 17.9. The summed E-state index contributed by atoms with van der Waals surface area (Å²) >= 11 is 0. The Labute approximate surface area is 168 Å². The fourth-order valence-electron chi connectivity index (χ4n) is 2.87. The van der Waals surface area contributed by atoms with Gasteiger partial charge in [-0.25, -0.2) is 9.59 Å². The number of ether oxygens (including phenoxy) is 2. The fourth-order valence-corrected chi connectivity index (χ4v) is 2.87. The topological polar surface area (TPSA) is 122 Å². The Morgan fingerprint density at radius 3 is 2.14 bits per heavy atom. The molecule has 0 heterocycles. The summed E-state index contributed by atoms with van der Waals surface area (Å²) in [4.78, 5) is 25.6. The average molecular weight is 401 g/mol. The highest BCUT2D eigenvalue weighted by molar-refractivity contribution is 5.88. The van der Waals surface area contributed by atoms with E-state index in [2.05, 4.69) is 4.90 Å². The van der Waals surface area contributed by atoms with Crippen LogP contribution in [-0.4, -0.2) is 71.2 Å². The molecule has 0 aliphatic carbocycles. The van der Waals surface area contributed by atoms with Crippen molar-refractivity contribution in [2.24, 2.45) is 5.73 Å². The molecule has 0 fully saturated rings. The molecule has 0 saturated heterocycles. The van der Waals surface area contributed by atoms with Gasteiger partial charge in [-0.2, -0.15) is 0 Å². The third kappa shape index (κ3) is 9.98. The number of hydrogen-bond acceptors (Lipinski definition) is 7. The van der Waals surface area contributed by atoms with E-state index in [1.807, 2.05) is 27.7 Å². The summed E-state index contributed by atoms with van der Waals surface area (Å²) in [6.45, 7) is 11.2. The van der Waals surface area contributed by atoms with Crippen molar-refractivity contribution in [3.63, 3.8) is 0 Å². The molecule has 0 aromatic heterocycles. The average Bonchev–Trinajstić information content (AvgIpc) is 2.60. The first-order valence-corrected chi connectivity index (χ1v) is 9.52. The molecule has 2 unspecified atom stereocenters. The minimum absolute atomic E-state index is 0.0397. The molecule has 0 radical (unpaired) electrons. The number of carboxylic acid groups (broad SMARTS) is 1. The van der Waals surface area contributed by atoms with Crippen LogP contribution >= 0.6 is 0 Å².